The van der Waals surface area contributed by atoms with E-state index < -0.39 is 12.1 Å². The summed E-state index contributed by atoms with van der Waals surface area (Å²) in [5.74, 6) is 0.861. The average Bonchev–Trinajstić information content (AvgIpc) is 2.81. The number of carbonyl (C=O) groups is 2. The van der Waals surface area contributed by atoms with Gasteiger partial charge in [0.25, 0.3) is 5.91 Å². The number of carbonyl (C=O) groups excluding carboxylic acids is 2. The van der Waals surface area contributed by atoms with Crippen LogP contribution in [0.4, 0.5) is 0 Å². The third-order valence-corrected chi connectivity index (χ3v) is 5.23. The molecule has 0 radical (unpaired) electrons. The van der Waals surface area contributed by atoms with Crippen molar-refractivity contribution in [2.24, 2.45) is 5.92 Å². The van der Waals surface area contributed by atoms with Crippen LogP contribution in [0.5, 0.6) is 11.5 Å². The Morgan fingerprint density at radius 3 is 2.59 bits per heavy atom. The molecule has 2 heterocycles. The van der Waals surface area contributed by atoms with Gasteiger partial charge in [0, 0.05) is 32.1 Å². The fourth-order valence-corrected chi connectivity index (χ4v) is 3.53. The molecule has 1 aromatic heterocycles. The van der Waals surface area contributed by atoms with Crippen molar-refractivity contribution in [1.82, 2.24) is 15.2 Å². The molecule has 0 saturated carbocycles. The fraction of sp³-hybridized carbons (Fsp3) is 0.458. The van der Waals surface area contributed by atoms with Crippen molar-refractivity contribution >= 4 is 11.8 Å². The molecule has 8 heteroatoms. The Hall–Kier alpha value is -3.13. The molecule has 2 atom stereocenters. The van der Waals surface area contributed by atoms with Crippen molar-refractivity contribution < 1.29 is 24.2 Å². The molecule has 3 rings (SSSR count). The van der Waals surface area contributed by atoms with Crippen molar-refractivity contribution in [2.75, 3.05) is 26.3 Å². The third kappa shape index (κ3) is 5.97. The lowest BCUT2D eigenvalue weighted by molar-refractivity contribution is -0.148. The number of amides is 2. The number of aliphatic hydroxyl groups is 1. The summed E-state index contributed by atoms with van der Waals surface area (Å²) in [7, 11) is 0. The molecule has 1 aliphatic heterocycles. The summed E-state index contributed by atoms with van der Waals surface area (Å²) in [5.41, 5.74) is 0.644. The summed E-state index contributed by atoms with van der Waals surface area (Å²) in [5, 5.41) is 12.4. The van der Waals surface area contributed by atoms with E-state index in [-0.39, 0.29) is 31.6 Å². The molecular formula is C24H31N3O5. The number of ether oxygens (including phenoxy) is 2. The number of aliphatic hydroxyl groups excluding tert-OH is 1. The number of hydrogen-bond acceptors (Lipinski definition) is 6. The normalized spacial score (nSPS) is 15.8. The van der Waals surface area contributed by atoms with Crippen LogP contribution in [-0.2, 0) is 9.59 Å². The fourth-order valence-electron chi connectivity index (χ4n) is 3.53. The average molecular weight is 442 g/mol. The summed E-state index contributed by atoms with van der Waals surface area (Å²) in [6.45, 7) is 4.82. The van der Waals surface area contributed by atoms with E-state index in [1.54, 1.807) is 42.7 Å². The Labute approximate surface area is 188 Å². The molecule has 0 spiro atoms. The van der Waals surface area contributed by atoms with E-state index in [1.807, 2.05) is 6.07 Å². The van der Waals surface area contributed by atoms with Gasteiger partial charge in [-0.2, -0.15) is 0 Å². The van der Waals surface area contributed by atoms with Crippen molar-refractivity contribution in [1.29, 1.82) is 0 Å². The maximum atomic E-state index is 13.6. The topological polar surface area (TPSA) is 101 Å². The maximum absolute atomic E-state index is 13.6. The van der Waals surface area contributed by atoms with E-state index >= 15 is 0 Å². The van der Waals surface area contributed by atoms with Crippen molar-refractivity contribution in [3.8, 4) is 11.5 Å². The first-order valence-corrected chi connectivity index (χ1v) is 11.0. The van der Waals surface area contributed by atoms with Gasteiger partial charge in [0.2, 0.25) is 12.0 Å². The van der Waals surface area contributed by atoms with Gasteiger partial charge in [0.05, 0.1) is 0 Å². The number of rotatable bonds is 10. The highest BCUT2D eigenvalue weighted by atomic mass is 16.6. The highest BCUT2D eigenvalue weighted by Crippen LogP contribution is 2.32. The van der Waals surface area contributed by atoms with Crippen molar-refractivity contribution in [3.63, 3.8) is 0 Å². The molecule has 2 aromatic rings. The number of fused-ring (bicyclic) bond motifs is 1. The van der Waals surface area contributed by atoms with Gasteiger partial charge in [0.15, 0.2) is 11.5 Å². The first-order chi connectivity index (χ1) is 15.5. The van der Waals surface area contributed by atoms with Crippen LogP contribution in [0, 0.1) is 5.92 Å². The van der Waals surface area contributed by atoms with Crippen LogP contribution in [0.15, 0.2) is 48.8 Å². The van der Waals surface area contributed by atoms with Gasteiger partial charge in [-0.1, -0.05) is 26.0 Å². The Kier molecular flexibility index (Phi) is 8.44. The van der Waals surface area contributed by atoms with Gasteiger partial charge < -0.3 is 24.8 Å². The highest BCUT2D eigenvalue weighted by Gasteiger charge is 2.37. The smallest absolute Gasteiger partial charge is 0.268 e. The third-order valence-electron chi connectivity index (χ3n) is 5.23. The number of hydrogen-bond donors (Lipinski definition) is 2. The number of benzene rings is 1. The second-order valence-corrected chi connectivity index (χ2v) is 8.13. The molecule has 0 saturated heterocycles. The Morgan fingerprint density at radius 2 is 1.91 bits per heavy atom. The maximum Gasteiger partial charge on any atom is 0.268 e. The van der Waals surface area contributed by atoms with Gasteiger partial charge in [-0.3, -0.25) is 14.6 Å². The minimum atomic E-state index is -0.892. The number of aromatic nitrogens is 1. The van der Waals surface area contributed by atoms with Crippen molar-refractivity contribution in [3.05, 3.63) is 54.4 Å². The first kappa shape index (κ1) is 23.5. The predicted octanol–water partition coefficient (Wildman–Crippen LogP) is 2.34. The zero-order chi connectivity index (χ0) is 22.9. The van der Waals surface area contributed by atoms with Gasteiger partial charge in [-0.15, -0.1) is 0 Å². The molecular weight excluding hydrogens is 410 g/mol. The molecule has 2 N–H and O–H groups in total. The second kappa shape index (κ2) is 11.5. The quantitative estimate of drug-likeness (QED) is 0.587. The predicted molar refractivity (Wildman–Crippen MR) is 119 cm³/mol. The van der Waals surface area contributed by atoms with Crippen molar-refractivity contribution in [2.45, 2.75) is 38.8 Å². The highest BCUT2D eigenvalue weighted by molar-refractivity contribution is 5.90. The molecule has 0 unspecified atom stereocenters. The standard InChI is InChI=1S/C24H31N3O5/c1-17(2)8-13-26-23(29)22(18-9-11-25-12-10-18)27(14-5-15-28)24(30)21-16-31-19-6-3-4-7-20(19)32-21/h3-4,6-7,9-12,17,21-22,28H,5,8,13-16H2,1-2H3,(H,26,29)/t21-,22+/m0/s1. The SMILES string of the molecule is CC(C)CCNC(=O)[C@@H](c1ccncc1)N(CCCO)C(=O)[C@@H]1COc2ccccc2O1. The largest absolute Gasteiger partial charge is 0.485 e. The Morgan fingerprint density at radius 1 is 1.19 bits per heavy atom. The van der Waals surface area contributed by atoms with E-state index in [2.05, 4.69) is 24.1 Å². The lowest BCUT2D eigenvalue weighted by Crippen LogP contribution is -2.51. The van der Waals surface area contributed by atoms with Gasteiger partial charge >= 0.3 is 0 Å². The summed E-state index contributed by atoms with van der Waals surface area (Å²) < 4.78 is 11.6. The Balaban J connectivity index is 1.86. The van der Waals surface area contributed by atoms with Crippen LogP contribution in [0.2, 0.25) is 0 Å². The van der Waals surface area contributed by atoms with Gasteiger partial charge in [0.1, 0.15) is 12.6 Å². The van der Waals surface area contributed by atoms with Crippen LogP contribution in [0.1, 0.15) is 38.3 Å². The molecule has 2 amide bonds. The van der Waals surface area contributed by atoms with Crippen LogP contribution < -0.4 is 14.8 Å². The summed E-state index contributed by atoms with van der Waals surface area (Å²) in [4.78, 5) is 32.3. The van der Waals surface area contributed by atoms with Gasteiger partial charge in [-0.25, -0.2) is 0 Å². The molecule has 1 aromatic carbocycles. The first-order valence-electron chi connectivity index (χ1n) is 11.0. The zero-order valence-electron chi connectivity index (χ0n) is 18.6. The van der Waals surface area contributed by atoms with E-state index in [4.69, 9.17) is 9.47 Å². The molecule has 0 aliphatic carbocycles. The zero-order valence-corrected chi connectivity index (χ0v) is 18.6. The summed E-state index contributed by atoms with van der Waals surface area (Å²) in [6, 6.07) is 9.73. The number of nitrogens with one attached hydrogen (secondary N) is 1. The minimum absolute atomic E-state index is 0.0451. The van der Waals surface area contributed by atoms with Gasteiger partial charge in [-0.05, 0) is 48.6 Å². The molecule has 0 fully saturated rings. The monoisotopic (exact) mass is 441 g/mol. The lowest BCUT2D eigenvalue weighted by atomic mass is 10.0. The Bertz CT molecular complexity index is 890. The lowest BCUT2D eigenvalue weighted by Gasteiger charge is -2.35. The van der Waals surface area contributed by atoms with E-state index in [0.717, 1.165) is 6.42 Å². The van der Waals surface area contributed by atoms with Crippen LogP contribution in [0.25, 0.3) is 0 Å². The number of pyridine rings is 1. The number of nitrogens with zero attached hydrogens (tertiary/aromatic N) is 2. The van der Waals surface area contributed by atoms with E-state index in [0.29, 0.717) is 35.9 Å². The van der Waals surface area contributed by atoms with Crippen LogP contribution in [0.3, 0.4) is 0 Å². The molecule has 172 valence electrons. The molecule has 32 heavy (non-hydrogen) atoms. The molecule has 8 nitrogen and oxygen atoms in total. The van der Waals surface area contributed by atoms with E-state index in [9.17, 15) is 14.7 Å². The minimum Gasteiger partial charge on any atom is -0.485 e. The molecule has 1 aliphatic rings. The van der Waals surface area contributed by atoms with E-state index in [1.165, 1.54) is 4.90 Å². The molecule has 0 bridgehead atoms. The summed E-state index contributed by atoms with van der Waals surface area (Å²) in [6.07, 6.45) is 3.45. The van der Waals surface area contributed by atoms with Crippen LogP contribution >= 0.6 is 0 Å². The van der Waals surface area contributed by atoms with Crippen LogP contribution in [-0.4, -0.2) is 59.2 Å². The summed E-state index contributed by atoms with van der Waals surface area (Å²) >= 11 is 0. The number of para-hydroxylation sites is 2. The second-order valence-electron chi connectivity index (χ2n) is 8.13.